The van der Waals surface area contributed by atoms with Gasteiger partial charge in [0.15, 0.2) is 0 Å². The molecule has 152 valence electrons. The van der Waals surface area contributed by atoms with E-state index in [0.717, 1.165) is 0 Å². The van der Waals surface area contributed by atoms with Crippen LogP contribution in [-0.2, 0) is 15.3 Å². The zero-order chi connectivity index (χ0) is 21.3. The zero-order valence-corrected chi connectivity index (χ0v) is 17.9. The molecule has 7 heteroatoms. The van der Waals surface area contributed by atoms with Gasteiger partial charge in [-0.3, -0.25) is 9.59 Å². The standard InChI is InChI=1S/C23H18ClNO4S/c1-14-17(24)9-5-10-18(14)25-22(26)20(16-8-3-4-11-19(16)28-2)21(23(25)27)30-13-15-7-6-12-29-15/h3-12H,13H2,1-2H3. The van der Waals surface area contributed by atoms with E-state index in [1.807, 2.05) is 18.2 Å². The third-order valence-electron chi connectivity index (χ3n) is 4.84. The number of rotatable bonds is 6. The SMILES string of the molecule is COc1ccccc1C1=C(SCc2ccco2)C(=O)N(c2cccc(Cl)c2C)C1=O. The van der Waals surface area contributed by atoms with Gasteiger partial charge in [0.05, 0.1) is 35.3 Å². The third-order valence-corrected chi connectivity index (χ3v) is 6.34. The second-order valence-electron chi connectivity index (χ2n) is 6.60. The Kier molecular flexibility index (Phi) is 5.70. The highest BCUT2D eigenvalue weighted by Crippen LogP contribution is 2.43. The molecule has 2 heterocycles. The summed E-state index contributed by atoms with van der Waals surface area (Å²) in [6.07, 6.45) is 1.58. The lowest BCUT2D eigenvalue weighted by Crippen LogP contribution is -2.32. The molecule has 0 atom stereocenters. The van der Waals surface area contributed by atoms with Gasteiger partial charge in [0.25, 0.3) is 11.8 Å². The number of carbonyl (C=O) groups excluding carboxylic acids is 2. The number of benzene rings is 2. The molecule has 1 aliphatic heterocycles. The van der Waals surface area contributed by atoms with Crippen molar-refractivity contribution < 1.29 is 18.7 Å². The van der Waals surface area contributed by atoms with Gasteiger partial charge in [0.1, 0.15) is 11.5 Å². The summed E-state index contributed by atoms with van der Waals surface area (Å²) in [6, 6.07) is 16.0. The molecular weight excluding hydrogens is 422 g/mol. The fourth-order valence-corrected chi connectivity index (χ4v) is 4.50. The average molecular weight is 440 g/mol. The topological polar surface area (TPSA) is 59.8 Å². The number of ether oxygens (including phenoxy) is 1. The molecular formula is C23H18ClNO4S. The molecule has 0 unspecified atom stereocenters. The highest BCUT2D eigenvalue weighted by atomic mass is 35.5. The summed E-state index contributed by atoms with van der Waals surface area (Å²) in [5.41, 5.74) is 2.02. The van der Waals surface area contributed by atoms with Crippen LogP contribution in [0.3, 0.4) is 0 Å². The molecule has 0 fully saturated rings. The number of amides is 2. The summed E-state index contributed by atoms with van der Waals surface area (Å²) in [7, 11) is 1.54. The normalized spacial score (nSPS) is 14.0. The minimum absolute atomic E-state index is 0.313. The molecule has 4 rings (SSSR count). The van der Waals surface area contributed by atoms with Gasteiger partial charge in [-0.25, -0.2) is 4.90 Å². The van der Waals surface area contributed by atoms with E-state index in [1.54, 1.807) is 49.6 Å². The maximum Gasteiger partial charge on any atom is 0.272 e. The van der Waals surface area contributed by atoms with Gasteiger partial charge in [0.2, 0.25) is 0 Å². The van der Waals surface area contributed by atoms with Crippen molar-refractivity contribution in [2.24, 2.45) is 0 Å². The first-order chi connectivity index (χ1) is 14.5. The lowest BCUT2D eigenvalue weighted by atomic mass is 10.0. The predicted octanol–water partition coefficient (Wildman–Crippen LogP) is 5.47. The summed E-state index contributed by atoms with van der Waals surface area (Å²) in [5, 5.41) is 0.489. The van der Waals surface area contributed by atoms with Gasteiger partial charge in [-0.15, -0.1) is 11.8 Å². The van der Waals surface area contributed by atoms with Gasteiger partial charge >= 0.3 is 0 Å². The summed E-state index contributed by atoms with van der Waals surface area (Å²) in [6.45, 7) is 1.79. The predicted molar refractivity (Wildman–Crippen MR) is 119 cm³/mol. The maximum absolute atomic E-state index is 13.5. The molecule has 1 aliphatic rings. The number of hydrogen-bond donors (Lipinski definition) is 0. The number of thioether (sulfide) groups is 1. The van der Waals surface area contributed by atoms with Crippen LogP contribution in [0.5, 0.6) is 5.75 Å². The Morgan fingerprint density at radius 2 is 1.83 bits per heavy atom. The molecule has 0 saturated carbocycles. The summed E-state index contributed by atoms with van der Waals surface area (Å²) >= 11 is 7.52. The van der Waals surface area contributed by atoms with Crippen LogP contribution in [0.15, 0.2) is 70.2 Å². The Hall–Kier alpha value is -2.96. The van der Waals surface area contributed by atoms with Crippen molar-refractivity contribution in [2.75, 3.05) is 12.0 Å². The third kappa shape index (κ3) is 3.53. The Labute approximate surface area is 183 Å². The molecule has 3 aromatic rings. The molecule has 0 spiro atoms. The Balaban J connectivity index is 1.83. The molecule has 0 saturated heterocycles. The molecule has 5 nitrogen and oxygen atoms in total. The maximum atomic E-state index is 13.5. The van der Waals surface area contributed by atoms with Crippen LogP contribution in [0.4, 0.5) is 5.69 Å². The molecule has 2 aromatic carbocycles. The number of hydrogen-bond acceptors (Lipinski definition) is 5. The van der Waals surface area contributed by atoms with Crippen LogP contribution in [-0.4, -0.2) is 18.9 Å². The van der Waals surface area contributed by atoms with Gasteiger partial charge in [0, 0.05) is 10.6 Å². The Morgan fingerprint density at radius 3 is 2.57 bits per heavy atom. The van der Waals surface area contributed by atoms with Crippen LogP contribution in [0.2, 0.25) is 5.02 Å². The monoisotopic (exact) mass is 439 g/mol. The first-order valence-corrected chi connectivity index (χ1v) is 10.6. The zero-order valence-electron chi connectivity index (χ0n) is 16.3. The van der Waals surface area contributed by atoms with Gasteiger partial charge in [-0.05, 0) is 42.8 Å². The lowest BCUT2D eigenvalue weighted by Gasteiger charge is -2.18. The highest BCUT2D eigenvalue weighted by Gasteiger charge is 2.41. The Bertz CT molecular complexity index is 1150. The van der Waals surface area contributed by atoms with Crippen molar-refractivity contribution >= 4 is 46.4 Å². The highest BCUT2D eigenvalue weighted by molar-refractivity contribution is 8.03. The van der Waals surface area contributed by atoms with E-state index in [4.69, 9.17) is 20.8 Å². The van der Waals surface area contributed by atoms with Gasteiger partial charge < -0.3 is 9.15 Å². The lowest BCUT2D eigenvalue weighted by molar-refractivity contribution is -0.119. The molecule has 0 bridgehead atoms. The summed E-state index contributed by atoms with van der Waals surface area (Å²) in [5.74, 6) is 0.862. The van der Waals surface area contributed by atoms with Crippen LogP contribution >= 0.6 is 23.4 Å². The first-order valence-electron chi connectivity index (χ1n) is 9.19. The molecule has 0 N–H and O–H groups in total. The van der Waals surface area contributed by atoms with Crippen molar-refractivity contribution in [1.29, 1.82) is 0 Å². The van der Waals surface area contributed by atoms with Gasteiger partial charge in [-0.1, -0.05) is 35.9 Å². The number of anilines is 1. The van der Waals surface area contributed by atoms with E-state index in [2.05, 4.69) is 0 Å². The molecule has 1 aromatic heterocycles. The molecule has 0 radical (unpaired) electrons. The first kappa shape index (κ1) is 20.3. The van der Waals surface area contributed by atoms with E-state index in [-0.39, 0.29) is 5.91 Å². The van der Waals surface area contributed by atoms with Crippen molar-refractivity contribution in [3.05, 3.63) is 87.7 Å². The van der Waals surface area contributed by atoms with Crippen molar-refractivity contribution in [2.45, 2.75) is 12.7 Å². The minimum Gasteiger partial charge on any atom is -0.496 e. The van der Waals surface area contributed by atoms with E-state index in [0.29, 0.717) is 49.6 Å². The van der Waals surface area contributed by atoms with E-state index < -0.39 is 5.91 Å². The second kappa shape index (κ2) is 8.42. The van der Waals surface area contributed by atoms with Crippen LogP contribution in [0.25, 0.3) is 5.57 Å². The van der Waals surface area contributed by atoms with Crippen LogP contribution < -0.4 is 9.64 Å². The Morgan fingerprint density at radius 1 is 1.03 bits per heavy atom. The molecule has 0 aliphatic carbocycles. The largest absolute Gasteiger partial charge is 0.496 e. The molecule has 2 amide bonds. The fraction of sp³-hybridized carbons (Fsp3) is 0.130. The number of methoxy groups -OCH3 is 1. The van der Waals surface area contributed by atoms with Gasteiger partial charge in [-0.2, -0.15) is 0 Å². The molecule has 30 heavy (non-hydrogen) atoms. The van der Waals surface area contributed by atoms with E-state index >= 15 is 0 Å². The number of halogens is 1. The number of furan rings is 1. The number of carbonyl (C=O) groups is 2. The van der Waals surface area contributed by atoms with E-state index in [1.165, 1.54) is 23.8 Å². The van der Waals surface area contributed by atoms with Crippen LogP contribution in [0, 0.1) is 6.92 Å². The average Bonchev–Trinajstić information content (AvgIpc) is 3.35. The fourth-order valence-electron chi connectivity index (χ4n) is 3.33. The van der Waals surface area contributed by atoms with E-state index in [9.17, 15) is 9.59 Å². The van der Waals surface area contributed by atoms with Crippen molar-refractivity contribution in [3.8, 4) is 5.75 Å². The second-order valence-corrected chi connectivity index (χ2v) is 7.99. The number of imide groups is 1. The number of nitrogens with zero attached hydrogens (tertiary/aromatic N) is 1. The number of para-hydroxylation sites is 1. The quantitative estimate of drug-likeness (QED) is 0.477. The van der Waals surface area contributed by atoms with Crippen molar-refractivity contribution in [1.82, 2.24) is 0 Å². The summed E-state index contributed by atoms with van der Waals surface area (Å²) in [4.78, 5) is 28.5. The van der Waals surface area contributed by atoms with Crippen molar-refractivity contribution in [3.63, 3.8) is 0 Å². The minimum atomic E-state index is -0.406. The summed E-state index contributed by atoms with van der Waals surface area (Å²) < 4.78 is 10.9. The van der Waals surface area contributed by atoms with Crippen LogP contribution in [0.1, 0.15) is 16.9 Å². The smallest absolute Gasteiger partial charge is 0.272 e.